The summed E-state index contributed by atoms with van der Waals surface area (Å²) in [6.45, 7) is 1.77. The second-order valence-electron chi connectivity index (χ2n) is 4.35. The highest BCUT2D eigenvalue weighted by atomic mass is 35.5. The standard InChI is InChI=1S/C15H14ClFO2/c1-9-5-10(7-11(17)6-9)15(18)13-4-3-12(19-2)8-14(13)16/h3-8,15,18H,1-2H3. The zero-order valence-corrected chi connectivity index (χ0v) is 11.4. The van der Waals surface area contributed by atoms with Crippen LogP contribution in [0.2, 0.25) is 5.02 Å². The quantitative estimate of drug-likeness (QED) is 0.924. The van der Waals surface area contributed by atoms with Crippen LogP contribution in [0.5, 0.6) is 5.75 Å². The van der Waals surface area contributed by atoms with Gasteiger partial charge in [0, 0.05) is 5.56 Å². The molecule has 1 atom stereocenters. The molecular formula is C15H14ClFO2. The Kier molecular flexibility index (Phi) is 4.08. The molecule has 0 aliphatic carbocycles. The van der Waals surface area contributed by atoms with Crippen LogP contribution in [0.3, 0.4) is 0 Å². The molecule has 19 heavy (non-hydrogen) atoms. The monoisotopic (exact) mass is 280 g/mol. The fourth-order valence-electron chi connectivity index (χ4n) is 1.96. The van der Waals surface area contributed by atoms with Crippen LogP contribution in [0.15, 0.2) is 36.4 Å². The van der Waals surface area contributed by atoms with Crippen molar-refractivity contribution in [2.24, 2.45) is 0 Å². The van der Waals surface area contributed by atoms with Gasteiger partial charge in [0.1, 0.15) is 17.7 Å². The lowest BCUT2D eigenvalue weighted by Crippen LogP contribution is -2.02. The average molecular weight is 281 g/mol. The molecule has 0 aromatic heterocycles. The summed E-state index contributed by atoms with van der Waals surface area (Å²) in [6.07, 6.45) is -0.965. The molecule has 4 heteroatoms. The normalized spacial score (nSPS) is 12.3. The van der Waals surface area contributed by atoms with E-state index in [0.29, 0.717) is 21.9 Å². The second-order valence-corrected chi connectivity index (χ2v) is 4.76. The Morgan fingerprint density at radius 3 is 2.53 bits per heavy atom. The van der Waals surface area contributed by atoms with Crippen molar-refractivity contribution in [2.45, 2.75) is 13.0 Å². The molecule has 2 rings (SSSR count). The Balaban J connectivity index is 2.40. The Morgan fingerprint density at radius 1 is 1.21 bits per heavy atom. The van der Waals surface area contributed by atoms with Crippen LogP contribution >= 0.6 is 11.6 Å². The smallest absolute Gasteiger partial charge is 0.123 e. The number of halogens is 2. The maximum atomic E-state index is 13.4. The van der Waals surface area contributed by atoms with E-state index >= 15 is 0 Å². The molecule has 100 valence electrons. The summed E-state index contributed by atoms with van der Waals surface area (Å²) in [5.41, 5.74) is 1.75. The van der Waals surface area contributed by atoms with Gasteiger partial charge in [-0.2, -0.15) is 0 Å². The zero-order chi connectivity index (χ0) is 14.0. The number of aliphatic hydroxyl groups is 1. The molecule has 0 saturated heterocycles. The third-order valence-electron chi connectivity index (χ3n) is 2.88. The van der Waals surface area contributed by atoms with Gasteiger partial charge in [0.2, 0.25) is 0 Å². The van der Waals surface area contributed by atoms with E-state index in [2.05, 4.69) is 0 Å². The summed E-state index contributed by atoms with van der Waals surface area (Å²) >= 11 is 6.10. The Morgan fingerprint density at radius 2 is 1.95 bits per heavy atom. The van der Waals surface area contributed by atoms with Gasteiger partial charge in [-0.05, 0) is 42.3 Å². The highest BCUT2D eigenvalue weighted by molar-refractivity contribution is 6.31. The minimum absolute atomic E-state index is 0.376. The van der Waals surface area contributed by atoms with Crippen LogP contribution in [0.4, 0.5) is 4.39 Å². The molecule has 2 nitrogen and oxygen atoms in total. The van der Waals surface area contributed by atoms with Crippen molar-refractivity contribution in [2.75, 3.05) is 7.11 Å². The number of hydrogen-bond acceptors (Lipinski definition) is 2. The number of rotatable bonds is 3. The average Bonchev–Trinajstić information content (AvgIpc) is 2.36. The van der Waals surface area contributed by atoms with Crippen LogP contribution in [0.25, 0.3) is 0 Å². The molecule has 0 aliphatic heterocycles. The van der Waals surface area contributed by atoms with Gasteiger partial charge < -0.3 is 9.84 Å². The molecule has 2 aromatic carbocycles. The first-order valence-electron chi connectivity index (χ1n) is 5.80. The second kappa shape index (κ2) is 5.59. The molecule has 2 aromatic rings. The predicted octanol–water partition coefficient (Wildman–Crippen LogP) is 3.88. The maximum Gasteiger partial charge on any atom is 0.123 e. The van der Waals surface area contributed by atoms with Crippen molar-refractivity contribution >= 4 is 11.6 Å². The summed E-state index contributed by atoms with van der Waals surface area (Å²) in [6, 6.07) is 9.44. The van der Waals surface area contributed by atoms with Crippen molar-refractivity contribution in [1.82, 2.24) is 0 Å². The van der Waals surface area contributed by atoms with E-state index in [1.807, 2.05) is 0 Å². The first-order chi connectivity index (χ1) is 9.01. The molecule has 0 fully saturated rings. The molecule has 0 bridgehead atoms. The lowest BCUT2D eigenvalue weighted by Gasteiger charge is -2.14. The molecule has 0 radical (unpaired) electrons. The molecule has 0 heterocycles. The van der Waals surface area contributed by atoms with Crippen molar-refractivity contribution in [1.29, 1.82) is 0 Å². The number of hydrogen-bond donors (Lipinski definition) is 1. The summed E-state index contributed by atoms with van der Waals surface area (Å²) in [4.78, 5) is 0. The van der Waals surface area contributed by atoms with Gasteiger partial charge >= 0.3 is 0 Å². The van der Waals surface area contributed by atoms with Gasteiger partial charge in [-0.1, -0.05) is 23.7 Å². The Labute approximate surface area is 116 Å². The topological polar surface area (TPSA) is 29.5 Å². The van der Waals surface area contributed by atoms with E-state index < -0.39 is 6.10 Å². The largest absolute Gasteiger partial charge is 0.497 e. The lowest BCUT2D eigenvalue weighted by molar-refractivity contribution is 0.219. The van der Waals surface area contributed by atoms with E-state index in [1.165, 1.54) is 19.2 Å². The summed E-state index contributed by atoms with van der Waals surface area (Å²) in [7, 11) is 1.54. The summed E-state index contributed by atoms with van der Waals surface area (Å²) in [5.74, 6) is 0.232. The van der Waals surface area contributed by atoms with E-state index in [4.69, 9.17) is 16.3 Å². The van der Waals surface area contributed by atoms with Crippen LogP contribution < -0.4 is 4.74 Å². The van der Waals surface area contributed by atoms with Crippen molar-refractivity contribution in [3.05, 3.63) is 63.9 Å². The number of methoxy groups -OCH3 is 1. The third-order valence-corrected chi connectivity index (χ3v) is 3.21. The fourth-order valence-corrected chi connectivity index (χ4v) is 2.23. The Bertz CT molecular complexity index is 578. The summed E-state index contributed by atoms with van der Waals surface area (Å²) < 4.78 is 18.4. The number of aryl methyl sites for hydroxylation is 1. The predicted molar refractivity (Wildman–Crippen MR) is 73.2 cm³/mol. The lowest BCUT2D eigenvalue weighted by atomic mass is 9.99. The first kappa shape index (κ1) is 13.8. The molecule has 0 spiro atoms. The molecule has 0 saturated carbocycles. The van der Waals surface area contributed by atoms with E-state index in [-0.39, 0.29) is 5.82 Å². The first-order valence-corrected chi connectivity index (χ1v) is 6.17. The van der Waals surface area contributed by atoms with Gasteiger partial charge in [-0.3, -0.25) is 0 Å². The van der Waals surface area contributed by atoms with E-state index in [1.54, 1.807) is 31.2 Å². The van der Waals surface area contributed by atoms with Crippen LogP contribution in [-0.2, 0) is 0 Å². The SMILES string of the molecule is COc1ccc(C(O)c2cc(C)cc(F)c2)c(Cl)c1. The van der Waals surface area contributed by atoms with Crippen molar-refractivity contribution < 1.29 is 14.2 Å². The molecule has 0 amide bonds. The number of benzene rings is 2. The number of aliphatic hydroxyl groups excluding tert-OH is 1. The van der Waals surface area contributed by atoms with Gasteiger partial charge in [0.15, 0.2) is 0 Å². The molecule has 0 aliphatic rings. The molecule has 1 N–H and O–H groups in total. The number of ether oxygens (including phenoxy) is 1. The van der Waals surface area contributed by atoms with Gasteiger partial charge in [0.05, 0.1) is 12.1 Å². The van der Waals surface area contributed by atoms with Gasteiger partial charge in [0.25, 0.3) is 0 Å². The highest BCUT2D eigenvalue weighted by Gasteiger charge is 2.15. The van der Waals surface area contributed by atoms with Crippen molar-refractivity contribution in [3.8, 4) is 5.75 Å². The van der Waals surface area contributed by atoms with Gasteiger partial charge in [-0.25, -0.2) is 4.39 Å². The van der Waals surface area contributed by atoms with Crippen LogP contribution in [0, 0.1) is 12.7 Å². The van der Waals surface area contributed by atoms with Crippen LogP contribution in [-0.4, -0.2) is 12.2 Å². The maximum absolute atomic E-state index is 13.4. The van der Waals surface area contributed by atoms with E-state index in [0.717, 1.165) is 5.56 Å². The van der Waals surface area contributed by atoms with E-state index in [9.17, 15) is 9.50 Å². The molecular weight excluding hydrogens is 267 g/mol. The molecule has 1 unspecified atom stereocenters. The zero-order valence-electron chi connectivity index (χ0n) is 10.7. The highest BCUT2D eigenvalue weighted by Crippen LogP contribution is 2.31. The Hall–Kier alpha value is -1.58. The van der Waals surface area contributed by atoms with Crippen LogP contribution in [0.1, 0.15) is 22.8 Å². The summed E-state index contributed by atoms with van der Waals surface area (Å²) in [5, 5.41) is 10.7. The minimum Gasteiger partial charge on any atom is -0.497 e. The van der Waals surface area contributed by atoms with Crippen molar-refractivity contribution in [3.63, 3.8) is 0 Å². The third kappa shape index (κ3) is 3.06. The van der Waals surface area contributed by atoms with Gasteiger partial charge in [-0.15, -0.1) is 0 Å². The minimum atomic E-state index is -0.965. The fraction of sp³-hybridized carbons (Fsp3) is 0.200.